The summed E-state index contributed by atoms with van der Waals surface area (Å²) in [5.41, 5.74) is 0.0865. The fourth-order valence-corrected chi connectivity index (χ4v) is 2.04. The molecule has 0 bridgehead atoms. The van der Waals surface area contributed by atoms with Crippen LogP contribution in [-0.4, -0.2) is 28.4 Å². The fraction of sp³-hybridized carbons (Fsp3) is 0.500. The first kappa shape index (κ1) is 11.9. The molecule has 5 nitrogen and oxygen atoms in total. The molecule has 0 saturated carbocycles. The average Bonchev–Trinajstić information content (AvgIpc) is 2.76. The van der Waals surface area contributed by atoms with Crippen molar-refractivity contribution in [2.75, 3.05) is 6.61 Å². The van der Waals surface area contributed by atoms with Gasteiger partial charge in [-0.3, -0.25) is 9.59 Å². The van der Waals surface area contributed by atoms with Crippen molar-refractivity contribution in [1.29, 1.82) is 0 Å². The van der Waals surface area contributed by atoms with Crippen molar-refractivity contribution in [2.24, 2.45) is 0 Å². The highest BCUT2D eigenvalue weighted by Crippen LogP contribution is 2.13. The smallest absolute Gasteiger partial charge is 0.308 e. The monoisotopic (exact) mass is 237 g/mol. The van der Waals surface area contributed by atoms with Crippen LogP contribution in [0, 0.1) is 0 Å². The summed E-state index contributed by atoms with van der Waals surface area (Å²) >= 11 is 0. The summed E-state index contributed by atoms with van der Waals surface area (Å²) in [6.07, 6.45) is 3.50. The number of hydrogen-bond acceptors (Lipinski definition) is 3. The Labute approximate surface area is 98.6 Å². The molecule has 0 aromatic carbocycles. The molecule has 0 aliphatic carbocycles. The zero-order chi connectivity index (χ0) is 12.3. The molecule has 17 heavy (non-hydrogen) atoms. The van der Waals surface area contributed by atoms with E-state index in [9.17, 15) is 9.59 Å². The number of carbonyl (C=O) groups is 1. The van der Waals surface area contributed by atoms with Crippen molar-refractivity contribution in [3.63, 3.8) is 0 Å². The molecule has 1 unspecified atom stereocenters. The number of nitrogens with zero attached hydrogens (tertiary/aromatic N) is 1. The predicted octanol–water partition coefficient (Wildman–Crippen LogP) is 0.654. The van der Waals surface area contributed by atoms with E-state index in [4.69, 9.17) is 9.84 Å². The number of carboxylic acids is 1. The van der Waals surface area contributed by atoms with Crippen molar-refractivity contribution < 1.29 is 14.6 Å². The number of ether oxygens (including phenoxy) is 1. The molecule has 0 amide bonds. The van der Waals surface area contributed by atoms with Gasteiger partial charge in [-0.1, -0.05) is 6.07 Å². The molecule has 1 aliphatic rings. The van der Waals surface area contributed by atoms with Gasteiger partial charge in [-0.25, -0.2) is 0 Å². The first-order valence-corrected chi connectivity index (χ1v) is 5.68. The normalized spacial score (nSPS) is 19.4. The van der Waals surface area contributed by atoms with Crippen LogP contribution in [0.1, 0.15) is 18.4 Å². The highest BCUT2D eigenvalue weighted by molar-refractivity contribution is 5.69. The van der Waals surface area contributed by atoms with Gasteiger partial charge in [0.1, 0.15) is 0 Å². The maximum Gasteiger partial charge on any atom is 0.308 e. The summed E-state index contributed by atoms with van der Waals surface area (Å²) in [5.74, 6) is -0.989. The maximum absolute atomic E-state index is 11.9. The zero-order valence-corrected chi connectivity index (χ0v) is 9.46. The number of carboxylic acid groups (broad SMARTS) is 1. The van der Waals surface area contributed by atoms with Crippen LogP contribution in [0.25, 0.3) is 0 Å². The maximum atomic E-state index is 11.9. The number of hydrogen-bond donors (Lipinski definition) is 1. The zero-order valence-electron chi connectivity index (χ0n) is 9.46. The van der Waals surface area contributed by atoms with Crippen molar-refractivity contribution in [1.82, 2.24) is 4.57 Å². The summed E-state index contributed by atoms with van der Waals surface area (Å²) in [5, 5.41) is 8.69. The highest BCUT2D eigenvalue weighted by atomic mass is 16.5. The lowest BCUT2D eigenvalue weighted by atomic mass is 10.2. The molecule has 1 atom stereocenters. The molecule has 2 rings (SSSR count). The minimum Gasteiger partial charge on any atom is -0.481 e. The summed E-state index contributed by atoms with van der Waals surface area (Å²) in [7, 11) is 0. The molecule has 92 valence electrons. The van der Waals surface area contributed by atoms with Gasteiger partial charge in [0, 0.05) is 18.4 Å². The first-order chi connectivity index (χ1) is 8.16. The van der Waals surface area contributed by atoms with Gasteiger partial charge in [0.25, 0.3) is 5.56 Å². The average molecular weight is 237 g/mol. The second-order valence-electron chi connectivity index (χ2n) is 4.20. The van der Waals surface area contributed by atoms with Crippen LogP contribution >= 0.6 is 0 Å². The molecule has 2 heterocycles. The van der Waals surface area contributed by atoms with E-state index < -0.39 is 5.97 Å². The molecule has 1 aromatic heterocycles. The number of aromatic nitrogens is 1. The molecular formula is C12H15NO4. The lowest BCUT2D eigenvalue weighted by Crippen LogP contribution is -2.28. The second kappa shape index (κ2) is 5.14. The summed E-state index contributed by atoms with van der Waals surface area (Å²) in [6.45, 7) is 1.25. The lowest BCUT2D eigenvalue weighted by molar-refractivity contribution is -0.136. The topological polar surface area (TPSA) is 68.5 Å². The van der Waals surface area contributed by atoms with Crippen molar-refractivity contribution in [3.8, 4) is 0 Å². The van der Waals surface area contributed by atoms with Gasteiger partial charge in [0.05, 0.1) is 19.1 Å². The number of pyridine rings is 1. The number of rotatable bonds is 4. The van der Waals surface area contributed by atoms with Crippen LogP contribution < -0.4 is 5.56 Å². The van der Waals surface area contributed by atoms with Gasteiger partial charge in [0.2, 0.25) is 0 Å². The molecule has 1 fully saturated rings. The van der Waals surface area contributed by atoms with Crippen molar-refractivity contribution >= 4 is 5.97 Å². The molecular weight excluding hydrogens is 222 g/mol. The van der Waals surface area contributed by atoms with E-state index in [0.29, 0.717) is 12.1 Å². The largest absolute Gasteiger partial charge is 0.481 e. The molecule has 0 radical (unpaired) electrons. The molecule has 1 N–H and O–H groups in total. The second-order valence-corrected chi connectivity index (χ2v) is 4.20. The lowest BCUT2D eigenvalue weighted by Gasteiger charge is -2.12. The third-order valence-corrected chi connectivity index (χ3v) is 2.86. The van der Waals surface area contributed by atoms with E-state index in [2.05, 4.69) is 0 Å². The fourth-order valence-electron chi connectivity index (χ4n) is 2.04. The van der Waals surface area contributed by atoms with Crippen LogP contribution in [0.5, 0.6) is 0 Å². The standard InChI is InChI=1S/C12H15NO4/c14-11(15)7-9-3-1-5-13(12(9)16)8-10-4-2-6-17-10/h1,3,5,10H,2,4,6-8H2,(H,14,15). The minimum absolute atomic E-state index is 0.0766. The van der Waals surface area contributed by atoms with E-state index in [0.717, 1.165) is 19.4 Å². The van der Waals surface area contributed by atoms with Gasteiger partial charge in [-0.2, -0.15) is 0 Å². The summed E-state index contributed by atoms with van der Waals surface area (Å²) in [6, 6.07) is 3.26. The van der Waals surface area contributed by atoms with E-state index >= 15 is 0 Å². The Balaban J connectivity index is 2.16. The van der Waals surface area contributed by atoms with Crippen LogP contribution in [0.2, 0.25) is 0 Å². The van der Waals surface area contributed by atoms with Gasteiger partial charge in [-0.15, -0.1) is 0 Å². The van der Waals surface area contributed by atoms with Crippen molar-refractivity contribution in [2.45, 2.75) is 31.9 Å². The number of aliphatic carboxylic acids is 1. The van der Waals surface area contributed by atoms with Crippen LogP contribution in [0.3, 0.4) is 0 Å². The highest BCUT2D eigenvalue weighted by Gasteiger charge is 2.17. The van der Waals surface area contributed by atoms with Crippen LogP contribution in [0.15, 0.2) is 23.1 Å². The van der Waals surface area contributed by atoms with Crippen LogP contribution in [0.4, 0.5) is 0 Å². The Hall–Kier alpha value is -1.62. The minimum atomic E-state index is -0.989. The molecule has 5 heteroatoms. The van der Waals surface area contributed by atoms with E-state index in [1.807, 2.05) is 0 Å². The van der Waals surface area contributed by atoms with Crippen LogP contribution in [-0.2, 0) is 22.5 Å². The van der Waals surface area contributed by atoms with Gasteiger partial charge in [0.15, 0.2) is 0 Å². The Bertz CT molecular complexity index is 460. The SMILES string of the molecule is O=C(O)Cc1cccn(CC2CCCO2)c1=O. The predicted molar refractivity (Wildman–Crippen MR) is 61.0 cm³/mol. The molecule has 1 aromatic rings. The Morgan fingerprint density at radius 1 is 1.59 bits per heavy atom. The third kappa shape index (κ3) is 2.94. The Morgan fingerprint density at radius 2 is 2.41 bits per heavy atom. The van der Waals surface area contributed by atoms with E-state index in [1.165, 1.54) is 4.57 Å². The summed E-state index contributed by atoms with van der Waals surface area (Å²) in [4.78, 5) is 22.5. The Kier molecular flexibility index (Phi) is 3.58. The van der Waals surface area contributed by atoms with E-state index in [-0.39, 0.29) is 18.1 Å². The summed E-state index contributed by atoms with van der Waals surface area (Å²) < 4.78 is 6.99. The first-order valence-electron chi connectivity index (χ1n) is 5.68. The quantitative estimate of drug-likeness (QED) is 0.835. The van der Waals surface area contributed by atoms with Crippen molar-refractivity contribution in [3.05, 3.63) is 34.2 Å². The van der Waals surface area contributed by atoms with Gasteiger partial charge in [-0.05, 0) is 18.9 Å². The molecule has 0 spiro atoms. The van der Waals surface area contributed by atoms with E-state index in [1.54, 1.807) is 18.3 Å². The third-order valence-electron chi connectivity index (χ3n) is 2.86. The van der Waals surface area contributed by atoms with Gasteiger partial charge >= 0.3 is 5.97 Å². The molecule has 1 aliphatic heterocycles. The molecule has 1 saturated heterocycles. The Morgan fingerprint density at radius 3 is 3.06 bits per heavy atom. The van der Waals surface area contributed by atoms with Gasteiger partial charge < -0.3 is 14.4 Å².